The maximum absolute atomic E-state index is 10.8. The van der Waals surface area contributed by atoms with Crippen LogP contribution in [0.4, 0.5) is 5.69 Å². The summed E-state index contributed by atoms with van der Waals surface area (Å²) in [6, 6.07) is 7.97. The van der Waals surface area contributed by atoms with Gasteiger partial charge in [0.1, 0.15) is 18.0 Å². The summed E-state index contributed by atoms with van der Waals surface area (Å²) in [4.78, 5) is 0. The third-order valence-electron chi connectivity index (χ3n) is 4.91. The molecule has 0 aliphatic heterocycles. The normalized spacial score (nSPS) is 24.0. The van der Waals surface area contributed by atoms with Crippen LogP contribution in [0.2, 0.25) is 0 Å². The van der Waals surface area contributed by atoms with E-state index in [1.165, 1.54) is 0 Å². The molecule has 0 saturated heterocycles. The predicted molar refractivity (Wildman–Crippen MR) is 95.5 cm³/mol. The topological polar surface area (TPSA) is 59.3 Å². The Morgan fingerprint density at radius 1 is 1.25 bits per heavy atom. The third kappa shape index (κ3) is 3.41. The molecular formula is C19H27N3O2. The van der Waals surface area contributed by atoms with E-state index in [4.69, 9.17) is 4.74 Å². The molecule has 3 rings (SSSR count). The standard InChI is InChI=1S/C19H27N3O2/c1-12-7-5-8-15(11-12)24-17-10-6-9-16(19(17)23)20-18-13(2)21-22(4)14(18)3/h5,7-8,11,16-17,19-20,23H,6,9-10H2,1-4H3/t16-,17+,19+/m0/s1. The number of aliphatic hydroxyl groups excluding tert-OH is 1. The van der Waals surface area contributed by atoms with Gasteiger partial charge in [-0.2, -0.15) is 5.10 Å². The van der Waals surface area contributed by atoms with Crippen LogP contribution in [0.1, 0.15) is 36.2 Å². The quantitative estimate of drug-likeness (QED) is 0.905. The van der Waals surface area contributed by atoms with Crippen LogP contribution in [0, 0.1) is 20.8 Å². The van der Waals surface area contributed by atoms with Crippen LogP contribution in [0.25, 0.3) is 0 Å². The second-order valence-corrected chi connectivity index (χ2v) is 6.81. The van der Waals surface area contributed by atoms with Crippen molar-refractivity contribution in [3.63, 3.8) is 0 Å². The van der Waals surface area contributed by atoms with Gasteiger partial charge in [0.05, 0.1) is 23.1 Å². The maximum Gasteiger partial charge on any atom is 0.126 e. The smallest absolute Gasteiger partial charge is 0.126 e. The summed E-state index contributed by atoms with van der Waals surface area (Å²) in [5.74, 6) is 0.827. The second-order valence-electron chi connectivity index (χ2n) is 6.81. The molecule has 1 aliphatic carbocycles. The van der Waals surface area contributed by atoms with Gasteiger partial charge in [0.15, 0.2) is 0 Å². The number of hydrogen-bond acceptors (Lipinski definition) is 4. The lowest BCUT2D eigenvalue weighted by molar-refractivity contribution is -0.00113. The summed E-state index contributed by atoms with van der Waals surface area (Å²) in [6.07, 6.45) is 2.11. The van der Waals surface area contributed by atoms with E-state index in [0.717, 1.165) is 47.7 Å². The molecule has 2 aromatic rings. The number of benzene rings is 1. The van der Waals surface area contributed by atoms with E-state index < -0.39 is 6.10 Å². The van der Waals surface area contributed by atoms with Crippen LogP contribution >= 0.6 is 0 Å². The summed E-state index contributed by atoms with van der Waals surface area (Å²) >= 11 is 0. The zero-order valence-electron chi connectivity index (χ0n) is 14.9. The Morgan fingerprint density at radius 2 is 2.04 bits per heavy atom. The molecule has 5 heteroatoms. The largest absolute Gasteiger partial charge is 0.488 e. The third-order valence-corrected chi connectivity index (χ3v) is 4.91. The second kappa shape index (κ2) is 6.85. The number of hydrogen-bond donors (Lipinski definition) is 2. The molecule has 1 aromatic carbocycles. The highest BCUT2D eigenvalue weighted by molar-refractivity contribution is 5.53. The minimum absolute atomic E-state index is 0.0184. The van der Waals surface area contributed by atoms with Crippen LogP contribution in [0.15, 0.2) is 24.3 Å². The number of nitrogens with zero attached hydrogens (tertiary/aromatic N) is 2. The first kappa shape index (κ1) is 16.8. The molecular weight excluding hydrogens is 302 g/mol. The molecule has 24 heavy (non-hydrogen) atoms. The van der Waals surface area contributed by atoms with Crippen molar-refractivity contribution in [2.24, 2.45) is 7.05 Å². The van der Waals surface area contributed by atoms with Crippen LogP contribution < -0.4 is 10.1 Å². The molecule has 1 fully saturated rings. The van der Waals surface area contributed by atoms with Crippen molar-refractivity contribution in [1.82, 2.24) is 9.78 Å². The fourth-order valence-electron chi connectivity index (χ4n) is 3.46. The van der Waals surface area contributed by atoms with Crippen molar-refractivity contribution in [2.75, 3.05) is 5.32 Å². The summed E-state index contributed by atoms with van der Waals surface area (Å²) in [6.45, 7) is 6.08. The lowest BCUT2D eigenvalue weighted by Crippen LogP contribution is -2.48. The van der Waals surface area contributed by atoms with Crippen molar-refractivity contribution in [2.45, 2.75) is 58.3 Å². The first-order chi connectivity index (χ1) is 11.5. The van der Waals surface area contributed by atoms with E-state index in [2.05, 4.69) is 10.4 Å². The summed E-state index contributed by atoms with van der Waals surface area (Å²) < 4.78 is 7.94. The Bertz CT molecular complexity index is 711. The maximum atomic E-state index is 10.8. The van der Waals surface area contributed by atoms with Crippen LogP contribution in [0.5, 0.6) is 5.75 Å². The van der Waals surface area contributed by atoms with Crippen molar-refractivity contribution < 1.29 is 9.84 Å². The minimum Gasteiger partial charge on any atom is -0.488 e. The molecule has 2 N–H and O–H groups in total. The van der Waals surface area contributed by atoms with Gasteiger partial charge in [-0.05, 0) is 57.7 Å². The Kier molecular flexibility index (Phi) is 4.81. The number of aryl methyl sites for hydroxylation is 3. The molecule has 130 valence electrons. The molecule has 0 unspecified atom stereocenters. The lowest BCUT2D eigenvalue weighted by Gasteiger charge is -2.35. The molecule has 0 bridgehead atoms. The van der Waals surface area contributed by atoms with Gasteiger partial charge in [0.25, 0.3) is 0 Å². The van der Waals surface area contributed by atoms with E-state index in [1.807, 2.05) is 56.8 Å². The highest BCUT2D eigenvalue weighted by atomic mass is 16.5. The number of rotatable bonds is 4. The van der Waals surface area contributed by atoms with Crippen molar-refractivity contribution in [3.8, 4) is 5.75 Å². The van der Waals surface area contributed by atoms with Crippen molar-refractivity contribution in [1.29, 1.82) is 0 Å². The van der Waals surface area contributed by atoms with Gasteiger partial charge < -0.3 is 15.2 Å². The molecule has 1 saturated carbocycles. The van der Waals surface area contributed by atoms with E-state index in [0.29, 0.717) is 0 Å². The average Bonchev–Trinajstić information content (AvgIpc) is 2.77. The number of ether oxygens (including phenoxy) is 1. The highest BCUT2D eigenvalue weighted by Gasteiger charge is 2.34. The van der Waals surface area contributed by atoms with E-state index in [9.17, 15) is 5.11 Å². The average molecular weight is 329 g/mol. The highest BCUT2D eigenvalue weighted by Crippen LogP contribution is 2.29. The van der Waals surface area contributed by atoms with Gasteiger partial charge in [0, 0.05) is 7.05 Å². The zero-order chi connectivity index (χ0) is 17.3. The summed E-state index contributed by atoms with van der Waals surface area (Å²) in [5.41, 5.74) is 4.23. The molecule has 0 radical (unpaired) electrons. The molecule has 5 nitrogen and oxygen atoms in total. The molecule has 0 amide bonds. The van der Waals surface area contributed by atoms with Gasteiger partial charge in [0.2, 0.25) is 0 Å². The number of aromatic nitrogens is 2. The Balaban J connectivity index is 1.71. The van der Waals surface area contributed by atoms with Gasteiger partial charge in [-0.1, -0.05) is 12.1 Å². The van der Waals surface area contributed by atoms with Crippen LogP contribution in [0.3, 0.4) is 0 Å². The SMILES string of the molecule is Cc1cccc(O[C@@H]2CCC[C@H](Nc3c(C)nn(C)c3C)[C@H]2O)c1. The number of anilines is 1. The van der Waals surface area contributed by atoms with E-state index in [1.54, 1.807) is 0 Å². The van der Waals surface area contributed by atoms with Crippen LogP contribution in [-0.4, -0.2) is 33.1 Å². The van der Waals surface area contributed by atoms with Gasteiger partial charge in [-0.25, -0.2) is 0 Å². The molecule has 1 aliphatic rings. The molecule has 1 heterocycles. The van der Waals surface area contributed by atoms with Gasteiger partial charge in [-0.15, -0.1) is 0 Å². The van der Waals surface area contributed by atoms with Gasteiger partial charge in [-0.3, -0.25) is 4.68 Å². The molecule has 1 aromatic heterocycles. The predicted octanol–water partition coefficient (Wildman–Crippen LogP) is 3.12. The summed E-state index contributed by atoms with van der Waals surface area (Å²) in [7, 11) is 1.94. The van der Waals surface area contributed by atoms with E-state index >= 15 is 0 Å². The number of aliphatic hydroxyl groups is 1. The first-order valence-electron chi connectivity index (χ1n) is 8.64. The Morgan fingerprint density at radius 3 is 2.71 bits per heavy atom. The minimum atomic E-state index is -0.543. The fraction of sp³-hybridized carbons (Fsp3) is 0.526. The first-order valence-corrected chi connectivity index (χ1v) is 8.64. The monoisotopic (exact) mass is 329 g/mol. The number of nitrogens with one attached hydrogen (secondary N) is 1. The molecule has 0 spiro atoms. The van der Waals surface area contributed by atoms with Crippen molar-refractivity contribution in [3.05, 3.63) is 41.2 Å². The molecule has 3 atom stereocenters. The van der Waals surface area contributed by atoms with Crippen molar-refractivity contribution >= 4 is 5.69 Å². The lowest BCUT2D eigenvalue weighted by atomic mass is 9.89. The van der Waals surface area contributed by atoms with Crippen LogP contribution in [-0.2, 0) is 7.05 Å². The van der Waals surface area contributed by atoms with E-state index in [-0.39, 0.29) is 12.1 Å². The summed E-state index contributed by atoms with van der Waals surface area (Å²) in [5, 5.41) is 18.7. The Labute approximate surface area is 143 Å². The van der Waals surface area contributed by atoms with Gasteiger partial charge >= 0.3 is 0 Å². The zero-order valence-corrected chi connectivity index (χ0v) is 14.9. The fourth-order valence-corrected chi connectivity index (χ4v) is 3.46. The Hall–Kier alpha value is -2.01.